The van der Waals surface area contributed by atoms with Crippen molar-refractivity contribution in [2.75, 3.05) is 27.2 Å². The van der Waals surface area contributed by atoms with Crippen LogP contribution in [0.5, 0.6) is 0 Å². The lowest BCUT2D eigenvalue weighted by Crippen LogP contribution is -2.66. The lowest BCUT2D eigenvalue weighted by molar-refractivity contribution is -0.225. The Bertz CT molecular complexity index is 1430. The Balaban J connectivity index is 1.33. The molecular formula is C41H60N2O3. The number of fused-ring (bicyclic) bond motifs is 7. The summed E-state index contributed by atoms with van der Waals surface area (Å²) in [7, 11) is 4.14. The van der Waals surface area contributed by atoms with Gasteiger partial charge in [0.2, 0.25) is 5.91 Å². The molecule has 0 bridgehead atoms. The summed E-state index contributed by atoms with van der Waals surface area (Å²) in [6.07, 6.45) is 12.8. The molecule has 5 aliphatic carbocycles. The van der Waals surface area contributed by atoms with Crippen LogP contribution < -0.4 is 5.32 Å². The molecule has 0 spiro atoms. The van der Waals surface area contributed by atoms with Gasteiger partial charge in [-0.15, -0.1) is 0 Å². The summed E-state index contributed by atoms with van der Waals surface area (Å²) in [6.45, 7) is 21.1. The van der Waals surface area contributed by atoms with Crippen LogP contribution in [-0.4, -0.2) is 49.1 Å². The van der Waals surface area contributed by atoms with E-state index in [1.54, 1.807) is 12.1 Å². The van der Waals surface area contributed by atoms with Crippen LogP contribution in [0.4, 0.5) is 0 Å². The summed E-state index contributed by atoms with van der Waals surface area (Å²) in [5, 5.41) is 12.9. The van der Waals surface area contributed by atoms with E-state index in [4.69, 9.17) is 0 Å². The number of nitrogens with one attached hydrogen (secondary N) is 1. The first-order valence-electron chi connectivity index (χ1n) is 18.2. The van der Waals surface area contributed by atoms with Gasteiger partial charge in [-0.1, -0.05) is 65.0 Å². The largest absolute Gasteiger partial charge is 0.478 e. The number of carbonyl (C=O) groups excluding carboxylic acids is 1. The van der Waals surface area contributed by atoms with Crippen LogP contribution in [0.3, 0.4) is 0 Å². The Morgan fingerprint density at radius 2 is 1.61 bits per heavy atom. The van der Waals surface area contributed by atoms with Crippen molar-refractivity contribution in [3.05, 3.63) is 53.6 Å². The fourth-order valence-electron chi connectivity index (χ4n) is 13.0. The fraction of sp³-hybridized carbons (Fsp3) is 0.707. The first-order chi connectivity index (χ1) is 21.5. The SMILES string of the molecule is C=C(C)[C@@H]1CC[C@]2(C(=O)NCCN(C)C)CC[C@]3(C)C(CCC4[C@@]5(C)CC=C(c6ccc(C(=O)O)cc6)C(C)(C)C5CC[C@]43C)C12. The normalized spacial score (nSPS) is 41.0. The van der Waals surface area contributed by atoms with Crippen LogP contribution in [0.2, 0.25) is 0 Å². The van der Waals surface area contributed by atoms with Gasteiger partial charge in [0.25, 0.3) is 0 Å². The monoisotopic (exact) mass is 628 g/mol. The third-order valence-corrected chi connectivity index (χ3v) is 15.4. The van der Waals surface area contributed by atoms with Crippen LogP contribution >= 0.6 is 0 Å². The third-order valence-electron chi connectivity index (χ3n) is 15.4. The van der Waals surface area contributed by atoms with Crippen LogP contribution in [0, 0.1) is 56.7 Å². The number of nitrogens with zero attached hydrogens (tertiary/aromatic N) is 1. The van der Waals surface area contributed by atoms with Crippen molar-refractivity contribution < 1.29 is 14.7 Å². The van der Waals surface area contributed by atoms with Crippen LogP contribution in [0.15, 0.2) is 42.5 Å². The van der Waals surface area contributed by atoms with Gasteiger partial charge in [-0.3, -0.25) is 4.79 Å². The summed E-state index contributed by atoms with van der Waals surface area (Å²) in [5.41, 5.74) is 4.54. The predicted molar refractivity (Wildman–Crippen MR) is 187 cm³/mol. The molecule has 1 amide bonds. The van der Waals surface area contributed by atoms with E-state index in [0.717, 1.165) is 38.6 Å². The highest BCUT2D eigenvalue weighted by atomic mass is 16.4. The van der Waals surface area contributed by atoms with E-state index in [-0.39, 0.29) is 27.1 Å². The molecule has 6 rings (SSSR count). The molecule has 1 aromatic carbocycles. The number of carbonyl (C=O) groups is 2. The summed E-state index contributed by atoms with van der Waals surface area (Å²) in [4.78, 5) is 27.9. The predicted octanol–water partition coefficient (Wildman–Crippen LogP) is 8.71. The van der Waals surface area contributed by atoms with Crippen LogP contribution in [0.25, 0.3) is 5.57 Å². The molecule has 252 valence electrons. The Kier molecular flexibility index (Phi) is 8.26. The highest BCUT2D eigenvalue weighted by Gasteiger charge is 2.71. The first kappa shape index (κ1) is 33.5. The van der Waals surface area contributed by atoms with Crippen molar-refractivity contribution in [2.24, 2.45) is 56.7 Å². The van der Waals surface area contributed by atoms with Crippen molar-refractivity contribution in [2.45, 2.75) is 99.3 Å². The molecule has 0 saturated heterocycles. The van der Waals surface area contributed by atoms with Gasteiger partial charge in [0.05, 0.1) is 11.0 Å². The van der Waals surface area contributed by atoms with Crippen LogP contribution in [-0.2, 0) is 4.79 Å². The molecule has 4 unspecified atom stereocenters. The maximum atomic E-state index is 14.2. The Morgan fingerprint density at radius 1 is 0.913 bits per heavy atom. The van der Waals surface area contributed by atoms with Crippen molar-refractivity contribution in [3.8, 4) is 0 Å². The average molecular weight is 629 g/mol. The van der Waals surface area contributed by atoms with Gasteiger partial charge in [0, 0.05) is 13.1 Å². The number of amides is 1. The molecule has 0 heterocycles. The fourth-order valence-corrected chi connectivity index (χ4v) is 13.0. The number of benzene rings is 1. The van der Waals surface area contributed by atoms with Crippen molar-refractivity contribution in [1.29, 1.82) is 0 Å². The minimum Gasteiger partial charge on any atom is -0.478 e. The molecule has 1 aromatic rings. The molecule has 0 radical (unpaired) electrons. The smallest absolute Gasteiger partial charge is 0.335 e. The van der Waals surface area contributed by atoms with E-state index in [2.05, 4.69) is 78.5 Å². The average Bonchev–Trinajstić information content (AvgIpc) is 3.38. The van der Waals surface area contributed by atoms with E-state index in [9.17, 15) is 14.7 Å². The van der Waals surface area contributed by atoms with Gasteiger partial charge in [-0.05, 0) is 153 Å². The number of likely N-dealkylation sites (N-methyl/N-ethyl adjacent to an activating group) is 1. The molecular weight excluding hydrogens is 568 g/mol. The van der Waals surface area contributed by atoms with Crippen molar-refractivity contribution in [3.63, 3.8) is 0 Å². The number of aromatic carboxylic acids is 1. The topological polar surface area (TPSA) is 69.6 Å². The number of carboxylic acid groups (broad SMARTS) is 1. The second kappa shape index (κ2) is 11.3. The molecule has 5 aliphatic rings. The van der Waals surface area contributed by atoms with E-state index >= 15 is 0 Å². The molecule has 2 N–H and O–H groups in total. The molecule has 5 nitrogen and oxygen atoms in total. The highest BCUT2D eigenvalue weighted by molar-refractivity contribution is 5.88. The number of allylic oxidation sites excluding steroid dienone is 3. The lowest BCUT2D eigenvalue weighted by Gasteiger charge is -2.72. The lowest BCUT2D eigenvalue weighted by atomic mass is 9.32. The van der Waals surface area contributed by atoms with Gasteiger partial charge < -0.3 is 15.3 Å². The minimum absolute atomic E-state index is 0.000309. The second-order valence-corrected chi connectivity index (χ2v) is 17.8. The Labute approximate surface area is 278 Å². The Morgan fingerprint density at radius 3 is 2.24 bits per heavy atom. The molecule has 4 saturated carbocycles. The first-order valence-corrected chi connectivity index (χ1v) is 18.2. The zero-order chi connectivity index (χ0) is 33.4. The maximum Gasteiger partial charge on any atom is 0.335 e. The molecule has 0 aliphatic heterocycles. The Hall–Kier alpha value is -2.40. The summed E-state index contributed by atoms with van der Waals surface area (Å²) in [5.74, 6) is 2.01. The minimum atomic E-state index is -0.872. The van der Waals surface area contributed by atoms with Gasteiger partial charge in [0.15, 0.2) is 0 Å². The highest BCUT2D eigenvalue weighted by Crippen LogP contribution is 2.77. The van der Waals surface area contributed by atoms with Crippen molar-refractivity contribution in [1.82, 2.24) is 10.2 Å². The number of rotatable bonds is 7. The summed E-state index contributed by atoms with van der Waals surface area (Å²) < 4.78 is 0. The standard InChI is InChI=1S/C41H60N2O3/c1-26(2)29-16-21-41(36(46)42-24-25-43(8)9)23-22-39(6)31(34(29)41)14-15-33-38(5)19-17-30(27-10-12-28(13-11-27)35(44)45)37(3,4)32(38)18-20-40(33,39)7/h10-13,17,29,31-34H,1,14-16,18-25H2,2-9H3,(H,42,46)(H,44,45)/t29-,31?,32?,33?,34?,38-,39+,40+,41-/m0/s1. The zero-order valence-corrected chi connectivity index (χ0v) is 30.0. The van der Waals surface area contributed by atoms with Gasteiger partial charge in [-0.25, -0.2) is 4.79 Å². The van der Waals surface area contributed by atoms with Gasteiger partial charge in [-0.2, -0.15) is 0 Å². The van der Waals surface area contributed by atoms with Crippen molar-refractivity contribution >= 4 is 17.4 Å². The van der Waals surface area contributed by atoms with E-state index in [1.807, 2.05) is 12.1 Å². The molecule has 5 heteroatoms. The summed E-state index contributed by atoms with van der Waals surface area (Å²) >= 11 is 0. The van der Waals surface area contributed by atoms with E-state index in [0.29, 0.717) is 47.6 Å². The zero-order valence-electron chi connectivity index (χ0n) is 30.0. The van der Waals surface area contributed by atoms with Gasteiger partial charge in [0.1, 0.15) is 0 Å². The van der Waals surface area contributed by atoms with E-state index in [1.165, 1.54) is 42.4 Å². The summed E-state index contributed by atoms with van der Waals surface area (Å²) in [6, 6.07) is 7.55. The number of hydrogen-bond acceptors (Lipinski definition) is 3. The molecule has 46 heavy (non-hydrogen) atoms. The quantitative estimate of drug-likeness (QED) is 0.296. The second-order valence-electron chi connectivity index (χ2n) is 17.8. The maximum absolute atomic E-state index is 14.2. The van der Waals surface area contributed by atoms with Gasteiger partial charge >= 0.3 is 5.97 Å². The van der Waals surface area contributed by atoms with Crippen LogP contribution in [0.1, 0.15) is 115 Å². The molecule has 4 fully saturated rings. The van der Waals surface area contributed by atoms with E-state index < -0.39 is 5.97 Å². The molecule has 0 aromatic heterocycles. The molecule has 9 atom stereocenters. The number of hydrogen-bond donors (Lipinski definition) is 2. The third kappa shape index (κ3) is 4.71. The number of carboxylic acids is 1.